The highest BCUT2D eigenvalue weighted by molar-refractivity contribution is 5.94. The lowest BCUT2D eigenvalue weighted by Gasteiger charge is -2.05. The first-order chi connectivity index (χ1) is 8.41. The fraction of sp³-hybridized carbons (Fsp3) is 0.231. The van der Waals surface area contributed by atoms with Gasteiger partial charge in [-0.2, -0.15) is 0 Å². The Morgan fingerprint density at radius 1 is 1.39 bits per heavy atom. The Kier molecular flexibility index (Phi) is 4.59. The van der Waals surface area contributed by atoms with Crippen molar-refractivity contribution >= 4 is 11.8 Å². The maximum Gasteiger partial charge on any atom is 0.331 e. The molecule has 0 saturated carbocycles. The van der Waals surface area contributed by atoms with Crippen LogP contribution in [0.3, 0.4) is 0 Å². The van der Waals surface area contributed by atoms with E-state index in [1.807, 2.05) is 0 Å². The molecule has 18 heavy (non-hydrogen) atoms. The molecule has 0 fully saturated rings. The third kappa shape index (κ3) is 3.69. The summed E-state index contributed by atoms with van der Waals surface area (Å²) in [4.78, 5) is 21.5. The van der Waals surface area contributed by atoms with Crippen LogP contribution in [0.1, 0.15) is 24.2 Å². The van der Waals surface area contributed by atoms with E-state index in [9.17, 15) is 14.0 Å². The number of rotatable bonds is 5. The van der Waals surface area contributed by atoms with Crippen molar-refractivity contribution in [2.24, 2.45) is 0 Å². The zero-order chi connectivity index (χ0) is 13.7. The van der Waals surface area contributed by atoms with Gasteiger partial charge in [0.05, 0.1) is 5.56 Å². The number of Topliss-reactive ketones (excluding diaryl/α,β-unsaturated/α-hetero) is 1. The highest BCUT2D eigenvalue weighted by Crippen LogP contribution is 2.17. The molecule has 0 amide bonds. The van der Waals surface area contributed by atoms with E-state index in [0.717, 1.165) is 6.07 Å². The summed E-state index contributed by atoms with van der Waals surface area (Å²) < 4.78 is 18.6. The smallest absolute Gasteiger partial charge is 0.331 e. The van der Waals surface area contributed by atoms with Crippen molar-refractivity contribution in [2.75, 3.05) is 6.61 Å². The van der Waals surface area contributed by atoms with Gasteiger partial charge in [-0.05, 0) is 32.1 Å². The van der Waals surface area contributed by atoms with Crippen LogP contribution in [0.15, 0.2) is 29.8 Å². The van der Waals surface area contributed by atoms with Crippen LogP contribution in [0, 0.1) is 5.82 Å². The van der Waals surface area contributed by atoms with Gasteiger partial charge in [0.15, 0.2) is 5.78 Å². The number of hydrogen-bond donors (Lipinski definition) is 1. The Morgan fingerprint density at radius 2 is 2.06 bits per heavy atom. The lowest BCUT2D eigenvalue weighted by atomic mass is 10.1. The second-order valence-electron chi connectivity index (χ2n) is 3.70. The van der Waals surface area contributed by atoms with Gasteiger partial charge in [-0.15, -0.1) is 0 Å². The second-order valence-corrected chi connectivity index (χ2v) is 3.70. The van der Waals surface area contributed by atoms with Crippen LogP contribution in [0.2, 0.25) is 0 Å². The molecular weight excluding hydrogens is 239 g/mol. The molecule has 0 heterocycles. The number of carboxylic acids is 1. The maximum absolute atomic E-state index is 13.4. The van der Waals surface area contributed by atoms with Crippen molar-refractivity contribution in [3.63, 3.8) is 0 Å². The van der Waals surface area contributed by atoms with E-state index in [1.165, 1.54) is 32.1 Å². The standard InChI is InChI=1S/C13H13FO4/c1-8(13(16)17)5-6-18-10-3-4-11(9(2)15)12(14)7-10/h3-5,7H,6H2,1-2H3,(H,16,17)/b8-5-. The minimum absolute atomic E-state index is 0.000362. The lowest BCUT2D eigenvalue weighted by Crippen LogP contribution is -2.02. The molecule has 0 aliphatic heterocycles. The van der Waals surface area contributed by atoms with Crippen molar-refractivity contribution in [3.05, 3.63) is 41.2 Å². The predicted molar refractivity (Wildman–Crippen MR) is 63.3 cm³/mol. The largest absolute Gasteiger partial charge is 0.489 e. The van der Waals surface area contributed by atoms with Crippen LogP contribution in [0.4, 0.5) is 4.39 Å². The summed E-state index contributed by atoms with van der Waals surface area (Å²) in [5, 5.41) is 8.60. The fourth-order valence-corrected chi connectivity index (χ4v) is 1.22. The molecule has 0 aromatic heterocycles. The summed E-state index contributed by atoms with van der Waals surface area (Å²) >= 11 is 0. The number of ketones is 1. The van der Waals surface area contributed by atoms with Gasteiger partial charge < -0.3 is 9.84 Å². The van der Waals surface area contributed by atoms with Crippen molar-refractivity contribution in [1.82, 2.24) is 0 Å². The molecule has 0 radical (unpaired) electrons. The van der Waals surface area contributed by atoms with E-state index in [0.29, 0.717) is 0 Å². The van der Waals surface area contributed by atoms with Crippen molar-refractivity contribution in [2.45, 2.75) is 13.8 Å². The van der Waals surface area contributed by atoms with E-state index in [4.69, 9.17) is 9.84 Å². The highest BCUT2D eigenvalue weighted by atomic mass is 19.1. The van der Waals surface area contributed by atoms with E-state index < -0.39 is 11.8 Å². The SMILES string of the molecule is CC(=O)c1ccc(OC/C=C(/C)C(=O)O)cc1F. The Labute approximate surface area is 104 Å². The van der Waals surface area contributed by atoms with Crippen LogP contribution in [0.25, 0.3) is 0 Å². The van der Waals surface area contributed by atoms with Crippen molar-refractivity contribution < 1.29 is 23.8 Å². The summed E-state index contributed by atoms with van der Waals surface area (Å²) in [6.45, 7) is 2.74. The quantitative estimate of drug-likeness (QED) is 0.645. The predicted octanol–water partition coefficient (Wildman–Crippen LogP) is 2.44. The van der Waals surface area contributed by atoms with Gasteiger partial charge in [-0.25, -0.2) is 9.18 Å². The van der Waals surface area contributed by atoms with Gasteiger partial charge in [0, 0.05) is 11.6 Å². The first kappa shape index (κ1) is 13.9. The summed E-state index contributed by atoms with van der Waals surface area (Å²) in [5.41, 5.74) is 0.149. The van der Waals surface area contributed by atoms with Gasteiger partial charge in [0.1, 0.15) is 18.2 Å². The number of ether oxygens (including phenoxy) is 1. The van der Waals surface area contributed by atoms with Crippen molar-refractivity contribution in [1.29, 1.82) is 0 Å². The van der Waals surface area contributed by atoms with Crippen LogP contribution in [-0.4, -0.2) is 23.5 Å². The number of carboxylic acid groups (broad SMARTS) is 1. The van der Waals surface area contributed by atoms with Gasteiger partial charge in [0.25, 0.3) is 0 Å². The minimum Gasteiger partial charge on any atom is -0.489 e. The summed E-state index contributed by atoms with van der Waals surface area (Å²) in [6.07, 6.45) is 1.37. The Morgan fingerprint density at radius 3 is 2.56 bits per heavy atom. The monoisotopic (exact) mass is 252 g/mol. The topological polar surface area (TPSA) is 63.6 Å². The molecule has 0 saturated heterocycles. The molecule has 0 bridgehead atoms. The third-order valence-corrected chi connectivity index (χ3v) is 2.30. The molecule has 0 aliphatic rings. The first-order valence-corrected chi connectivity index (χ1v) is 5.25. The highest BCUT2D eigenvalue weighted by Gasteiger charge is 2.08. The zero-order valence-electron chi connectivity index (χ0n) is 10.1. The average Bonchev–Trinajstić information content (AvgIpc) is 2.28. The van der Waals surface area contributed by atoms with Gasteiger partial charge in [-0.3, -0.25) is 4.79 Å². The molecule has 0 unspecified atom stereocenters. The molecule has 1 N–H and O–H groups in total. The molecule has 1 rings (SSSR count). The van der Waals surface area contributed by atoms with Crippen LogP contribution in [0.5, 0.6) is 5.75 Å². The molecule has 0 aliphatic carbocycles. The minimum atomic E-state index is -1.03. The van der Waals surface area contributed by atoms with E-state index in [2.05, 4.69) is 0 Å². The number of benzene rings is 1. The number of hydrogen-bond acceptors (Lipinski definition) is 3. The molecule has 0 spiro atoms. The Bertz CT molecular complexity index is 506. The third-order valence-electron chi connectivity index (χ3n) is 2.30. The Hall–Kier alpha value is -2.17. The number of halogens is 1. The average molecular weight is 252 g/mol. The number of aliphatic carboxylic acids is 1. The van der Waals surface area contributed by atoms with Crippen LogP contribution >= 0.6 is 0 Å². The molecule has 4 nitrogen and oxygen atoms in total. The van der Waals surface area contributed by atoms with E-state index in [-0.39, 0.29) is 29.3 Å². The summed E-state index contributed by atoms with van der Waals surface area (Å²) in [6, 6.07) is 3.89. The normalized spacial score (nSPS) is 11.2. The van der Waals surface area contributed by atoms with Gasteiger partial charge in [0.2, 0.25) is 0 Å². The van der Waals surface area contributed by atoms with Gasteiger partial charge >= 0.3 is 5.97 Å². The molecule has 5 heteroatoms. The maximum atomic E-state index is 13.4. The Balaban J connectivity index is 2.70. The molecule has 1 aromatic rings. The molecular formula is C13H13FO4. The van der Waals surface area contributed by atoms with Crippen LogP contribution in [-0.2, 0) is 4.79 Å². The summed E-state index contributed by atoms with van der Waals surface area (Å²) in [5.74, 6) is -1.80. The van der Waals surface area contributed by atoms with Gasteiger partial charge in [-0.1, -0.05) is 0 Å². The van der Waals surface area contributed by atoms with E-state index in [1.54, 1.807) is 0 Å². The molecule has 96 valence electrons. The molecule has 1 aromatic carbocycles. The molecule has 0 atom stereocenters. The lowest BCUT2D eigenvalue weighted by molar-refractivity contribution is -0.132. The second kappa shape index (κ2) is 5.95. The first-order valence-electron chi connectivity index (χ1n) is 5.25. The zero-order valence-corrected chi connectivity index (χ0v) is 10.1. The van der Waals surface area contributed by atoms with Crippen molar-refractivity contribution in [3.8, 4) is 5.75 Å². The summed E-state index contributed by atoms with van der Waals surface area (Å²) in [7, 11) is 0. The fourth-order valence-electron chi connectivity index (χ4n) is 1.22. The van der Waals surface area contributed by atoms with Crippen LogP contribution < -0.4 is 4.74 Å². The number of carbonyl (C=O) groups excluding carboxylic acids is 1. The van der Waals surface area contributed by atoms with E-state index >= 15 is 0 Å². The number of carbonyl (C=O) groups is 2.